The van der Waals surface area contributed by atoms with Crippen molar-refractivity contribution in [1.29, 1.82) is 0 Å². The van der Waals surface area contributed by atoms with Crippen molar-refractivity contribution in [1.82, 2.24) is 4.90 Å². The second kappa shape index (κ2) is 5.08. The van der Waals surface area contributed by atoms with Gasteiger partial charge < -0.3 is 5.11 Å². The van der Waals surface area contributed by atoms with Crippen molar-refractivity contribution < 1.29 is 9.90 Å². The predicted octanol–water partition coefficient (Wildman–Crippen LogP) is 3.54. The fraction of sp³-hybridized carbons (Fsp3) is 0.500. The lowest BCUT2D eigenvalue weighted by Gasteiger charge is -2.23. The van der Waals surface area contributed by atoms with Gasteiger partial charge in [0.05, 0.1) is 5.92 Å². The number of nitrogens with zero attached hydrogens (tertiary/aromatic N) is 1. The molecule has 3 atom stereocenters. The topological polar surface area (TPSA) is 40.5 Å². The van der Waals surface area contributed by atoms with Crippen molar-refractivity contribution in [2.24, 2.45) is 5.92 Å². The van der Waals surface area contributed by atoms with E-state index >= 15 is 0 Å². The molecule has 2 bridgehead atoms. The summed E-state index contributed by atoms with van der Waals surface area (Å²) in [6.45, 7) is 0.802. The van der Waals surface area contributed by atoms with E-state index in [1.165, 1.54) is 5.56 Å². The number of hydrogen-bond acceptors (Lipinski definition) is 2. The number of halogens is 2. The number of aliphatic carboxylic acids is 1. The van der Waals surface area contributed by atoms with Gasteiger partial charge in [0.25, 0.3) is 0 Å². The van der Waals surface area contributed by atoms with Crippen LogP contribution < -0.4 is 0 Å². The molecule has 0 amide bonds. The van der Waals surface area contributed by atoms with Crippen molar-refractivity contribution in [2.75, 3.05) is 0 Å². The minimum atomic E-state index is -0.646. The molecular formula is C14H15BrClNO2. The van der Waals surface area contributed by atoms with Crippen molar-refractivity contribution in [2.45, 2.75) is 37.9 Å². The van der Waals surface area contributed by atoms with E-state index in [0.29, 0.717) is 11.1 Å². The van der Waals surface area contributed by atoms with Crippen LogP contribution in [0.3, 0.4) is 0 Å². The summed E-state index contributed by atoms with van der Waals surface area (Å²) in [6.07, 6.45) is 2.93. The van der Waals surface area contributed by atoms with Crippen LogP contribution in [0.2, 0.25) is 5.02 Å². The number of hydrogen-bond donors (Lipinski definition) is 1. The Balaban J connectivity index is 1.79. The van der Waals surface area contributed by atoms with Gasteiger partial charge in [-0.3, -0.25) is 9.69 Å². The van der Waals surface area contributed by atoms with E-state index in [1.54, 1.807) is 0 Å². The van der Waals surface area contributed by atoms with Crippen LogP contribution in [0.5, 0.6) is 0 Å². The summed E-state index contributed by atoms with van der Waals surface area (Å²) < 4.78 is 0.998. The molecule has 0 aliphatic carbocycles. The van der Waals surface area contributed by atoms with Gasteiger partial charge in [-0.25, -0.2) is 0 Å². The van der Waals surface area contributed by atoms with E-state index in [-0.39, 0.29) is 12.0 Å². The highest BCUT2D eigenvalue weighted by Gasteiger charge is 2.49. The van der Waals surface area contributed by atoms with E-state index < -0.39 is 5.97 Å². The van der Waals surface area contributed by atoms with Gasteiger partial charge in [0.1, 0.15) is 0 Å². The minimum absolute atomic E-state index is 0.190. The molecule has 3 nitrogen and oxygen atoms in total. The molecule has 5 heteroatoms. The smallest absolute Gasteiger partial charge is 0.308 e. The fourth-order valence-electron chi connectivity index (χ4n) is 3.46. The van der Waals surface area contributed by atoms with Crippen molar-refractivity contribution in [3.8, 4) is 0 Å². The lowest BCUT2D eigenvalue weighted by atomic mass is 9.89. The second-order valence-electron chi connectivity index (χ2n) is 5.39. The van der Waals surface area contributed by atoms with Crippen molar-refractivity contribution >= 4 is 33.5 Å². The van der Waals surface area contributed by atoms with E-state index in [2.05, 4.69) is 20.8 Å². The Hall–Kier alpha value is -0.580. The molecule has 2 fully saturated rings. The summed E-state index contributed by atoms with van der Waals surface area (Å²) in [5, 5.41) is 9.97. The van der Waals surface area contributed by atoms with E-state index in [9.17, 15) is 9.90 Å². The van der Waals surface area contributed by atoms with E-state index in [4.69, 9.17) is 11.6 Å². The van der Waals surface area contributed by atoms with Gasteiger partial charge >= 0.3 is 5.97 Å². The summed E-state index contributed by atoms with van der Waals surface area (Å²) in [6, 6.07) is 6.41. The third-order valence-corrected chi connectivity index (χ3v) is 5.34. The molecule has 3 unspecified atom stereocenters. The molecule has 2 saturated heterocycles. The number of rotatable bonds is 3. The Labute approximate surface area is 125 Å². The largest absolute Gasteiger partial charge is 0.481 e. The quantitative estimate of drug-likeness (QED) is 0.912. The van der Waals surface area contributed by atoms with Crippen LogP contribution in [0.15, 0.2) is 22.7 Å². The molecule has 19 heavy (non-hydrogen) atoms. The first kappa shape index (κ1) is 13.4. The average molecular weight is 345 g/mol. The lowest BCUT2D eigenvalue weighted by Crippen LogP contribution is -2.32. The zero-order valence-electron chi connectivity index (χ0n) is 10.4. The van der Waals surface area contributed by atoms with Gasteiger partial charge in [0.2, 0.25) is 0 Å². The van der Waals surface area contributed by atoms with Crippen molar-refractivity contribution in [3.63, 3.8) is 0 Å². The Morgan fingerprint density at radius 2 is 2.26 bits per heavy atom. The molecule has 102 valence electrons. The van der Waals surface area contributed by atoms with E-state index in [0.717, 1.165) is 30.3 Å². The zero-order chi connectivity index (χ0) is 13.6. The molecule has 2 aliphatic rings. The highest BCUT2D eigenvalue weighted by Crippen LogP contribution is 2.43. The van der Waals surface area contributed by atoms with Crippen LogP contribution in [0.4, 0.5) is 0 Å². The maximum absolute atomic E-state index is 11.2. The highest BCUT2D eigenvalue weighted by atomic mass is 79.9. The summed E-state index contributed by atoms with van der Waals surface area (Å²) in [5.41, 5.74) is 1.17. The third kappa shape index (κ3) is 2.41. The Morgan fingerprint density at radius 1 is 1.47 bits per heavy atom. The van der Waals surface area contributed by atoms with Gasteiger partial charge in [-0.05, 0) is 37.0 Å². The average Bonchev–Trinajstić information content (AvgIpc) is 2.90. The summed E-state index contributed by atoms with van der Waals surface area (Å²) >= 11 is 9.48. The molecular weight excluding hydrogens is 330 g/mol. The van der Waals surface area contributed by atoms with Crippen LogP contribution in [0.25, 0.3) is 0 Å². The Morgan fingerprint density at radius 3 is 2.89 bits per heavy atom. The normalized spacial score (nSPS) is 29.9. The van der Waals surface area contributed by atoms with Gasteiger partial charge in [-0.2, -0.15) is 0 Å². The molecule has 3 rings (SSSR count). The summed E-state index contributed by atoms with van der Waals surface area (Å²) in [5.74, 6) is -0.836. The molecule has 1 aromatic carbocycles. The maximum Gasteiger partial charge on any atom is 0.308 e. The van der Waals surface area contributed by atoms with E-state index in [1.807, 2.05) is 18.2 Å². The Bertz CT molecular complexity index is 522. The first-order valence-electron chi connectivity index (χ1n) is 6.48. The van der Waals surface area contributed by atoms with Crippen LogP contribution in [0, 0.1) is 5.92 Å². The number of carboxylic acid groups (broad SMARTS) is 1. The molecule has 0 saturated carbocycles. The minimum Gasteiger partial charge on any atom is -0.481 e. The monoisotopic (exact) mass is 343 g/mol. The number of carboxylic acids is 1. The molecule has 1 aromatic rings. The molecule has 2 aliphatic heterocycles. The van der Waals surface area contributed by atoms with Crippen LogP contribution >= 0.6 is 27.5 Å². The van der Waals surface area contributed by atoms with Gasteiger partial charge in [0, 0.05) is 28.1 Å². The van der Waals surface area contributed by atoms with Crippen LogP contribution in [-0.4, -0.2) is 28.1 Å². The van der Waals surface area contributed by atoms with Crippen molar-refractivity contribution in [3.05, 3.63) is 33.3 Å². The molecule has 1 N–H and O–H groups in total. The zero-order valence-corrected chi connectivity index (χ0v) is 12.7. The van der Waals surface area contributed by atoms with Crippen LogP contribution in [-0.2, 0) is 11.3 Å². The standard InChI is InChI=1S/C14H15BrClNO2/c15-12-5-9(16)2-1-8(12)7-17-10-3-4-13(17)11(6-10)14(18)19/h1-2,5,10-11,13H,3-4,6-7H2,(H,18,19). The van der Waals surface area contributed by atoms with Gasteiger partial charge in [-0.15, -0.1) is 0 Å². The molecule has 0 radical (unpaired) electrons. The van der Waals surface area contributed by atoms with Gasteiger partial charge in [0.15, 0.2) is 0 Å². The SMILES string of the molecule is O=C(O)C1CC2CCC1N2Cc1ccc(Cl)cc1Br. The first-order chi connectivity index (χ1) is 9.06. The Kier molecular flexibility index (Phi) is 3.58. The first-order valence-corrected chi connectivity index (χ1v) is 7.66. The molecule has 0 aromatic heterocycles. The van der Waals surface area contributed by atoms with Crippen LogP contribution in [0.1, 0.15) is 24.8 Å². The third-order valence-electron chi connectivity index (χ3n) is 4.37. The number of fused-ring (bicyclic) bond motifs is 2. The number of carbonyl (C=O) groups is 1. The molecule has 0 spiro atoms. The predicted molar refractivity (Wildman–Crippen MR) is 77.2 cm³/mol. The number of benzene rings is 1. The fourth-order valence-corrected chi connectivity index (χ4v) is 4.27. The highest BCUT2D eigenvalue weighted by molar-refractivity contribution is 9.10. The molecule has 2 heterocycles. The maximum atomic E-state index is 11.2. The summed E-state index contributed by atoms with van der Waals surface area (Å²) in [4.78, 5) is 13.6. The summed E-state index contributed by atoms with van der Waals surface area (Å²) in [7, 11) is 0. The van der Waals surface area contributed by atoms with Gasteiger partial charge in [-0.1, -0.05) is 33.6 Å². The lowest BCUT2D eigenvalue weighted by molar-refractivity contribution is -0.142. The second-order valence-corrected chi connectivity index (χ2v) is 6.68.